The van der Waals surface area contributed by atoms with Crippen molar-refractivity contribution in [1.82, 2.24) is 10.6 Å². The minimum Gasteiger partial charge on any atom is -0.378 e. The molecule has 1 saturated heterocycles. The van der Waals surface area contributed by atoms with Crippen molar-refractivity contribution >= 4 is 5.96 Å². The molecule has 0 bridgehead atoms. The molecule has 2 fully saturated rings. The van der Waals surface area contributed by atoms with E-state index < -0.39 is 0 Å². The Morgan fingerprint density at radius 2 is 1.95 bits per heavy atom. The Morgan fingerprint density at radius 3 is 2.67 bits per heavy atom. The predicted molar refractivity (Wildman–Crippen MR) is 88.8 cm³/mol. The molecule has 2 N–H and O–H groups in total. The lowest BCUT2D eigenvalue weighted by molar-refractivity contribution is 0.105. The average Bonchev–Trinajstić information content (AvgIpc) is 3.17. The van der Waals surface area contributed by atoms with Crippen molar-refractivity contribution in [3.63, 3.8) is 0 Å². The second-order valence-electron chi connectivity index (χ2n) is 6.40. The number of guanidine groups is 1. The van der Waals surface area contributed by atoms with Gasteiger partial charge in [-0.15, -0.1) is 0 Å². The molecular formula is C17H33N3O. The Morgan fingerprint density at radius 1 is 1.10 bits per heavy atom. The van der Waals surface area contributed by atoms with Crippen molar-refractivity contribution in [1.29, 1.82) is 0 Å². The Balaban J connectivity index is 1.58. The minimum atomic E-state index is 0.461. The quantitative estimate of drug-likeness (QED) is 0.411. The Kier molecular flexibility index (Phi) is 7.94. The molecule has 2 aliphatic rings. The molecule has 0 radical (unpaired) electrons. The van der Waals surface area contributed by atoms with Gasteiger partial charge in [-0.05, 0) is 44.9 Å². The van der Waals surface area contributed by atoms with Gasteiger partial charge in [0, 0.05) is 26.2 Å². The maximum Gasteiger partial charge on any atom is 0.191 e. The van der Waals surface area contributed by atoms with E-state index in [-0.39, 0.29) is 0 Å². The van der Waals surface area contributed by atoms with Crippen LogP contribution in [-0.2, 0) is 4.74 Å². The zero-order valence-corrected chi connectivity index (χ0v) is 13.7. The van der Waals surface area contributed by atoms with Gasteiger partial charge in [-0.2, -0.15) is 0 Å². The first-order valence-electron chi connectivity index (χ1n) is 9.02. The van der Waals surface area contributed by atoms with Crippen LogP contribution in [0.25, 0.3) is 0 Å². The summed E-state index contributed by atoms with van der Waals surface area (Å²) < 4.78 is 5.65. The molecule has 4 nitrogen and oxygen atoms in total. The minimum absolute atomic E-state index is 0.461. The topological polar surface area (TPSA) is 45.7 Å². The summed E-state index contributed by atoms with van der Waals surface area (Å²) in [5.41, 5.74) is 0. The van der Waals surface area contributed by atoms with Crippen molar-refractivity contribution in [3.8, 4) is 0 Å². The average molecular weight is 295 g/mol. The summed E-state index contributed by atoms with van der Waals surface area (Å²) in [5, 5.41) is 6.77. The van der Waals surface area contributed by atoms with E-state index in [0.29, 0.717) is 6.10 Å². The summed E-state index contributed by atoms with van der Waals surface area (Å²) in [6.07, 6.45) is 12.4. The maximum absolute atomic E-state index is 5.65. The normalized spacial score (nSPS) is 23.7. The molecule has 1 unspecified atom stereocenters. The van der Waals surface area contributed by atoms with Gasteiger partial charge in [-0.25, -0.2) is 0 Å². The zero-order valence-electron chi connectivity index (χ0n) is 13.7. The molecule has 0 amide bonds. The van der Waals surface area contributed by atoms with E-state index in [1.54, 1.807) is 0 Å². The molecular weight excluding hydrogens is 262 g/mol. The van der Waals surface area contributed by atoms with Gasteiger partial charge in [0.15, 0.2) is 5.96 Å². The zero-order chi connectivity index (χ0) is 14.8. The Bertz CT molecular complexity index is 294. The van der Waals surface area contributed by atoms with Gasteiger partial charge in [-0.3, -0.25) is 4.99 Å². The molecule has 1 atom stereocenters. The van der Waals surface area contributed by atoms with Gasteiger partial charge in [0.2, 0.25) is 0 Å². The van der Waals surface area contributed by atoms with Crippen LogP contribution in [0.2, 0.25) is 0 Å². The third-order valence-electron chi connectivity index (χ3n) is 4.64. The fraction of sp³-hybridized carbons (Fsp3) is 0.941. The monoisotopic (exact) mass is 295 g/mol. The summed E-state index contributed by atoms with van der Waals surface area (Å²) in [6, 6.07) is 0. The SMILES string of the molecule is CCNC(=NCCCC1CCCC1)NCCC1CCCO1. The van der Waals surface area contributed by atoms with Crippen LogP contribution in [0, 0.1) is 5.92 Å². The smallest absolute Gasteiger partial charge is 0.191 e. The molecule has 1 saturated carbocycles. The third-order valence-corrected chi connectivity index (χ3v) is 4.64. The van der Waals surface area contributed by atoms with Gasteiger partial charge in [0.1, 0.15) is 0 Å². The molecule has 122 valence electrons. The first kappa shape index (κ1) is 16.6. The summed E-state index contributed by atoms with van der Waals surface area (Å²) in [6.45, 7) is 5.90. The van der Waals surface area contributed by atoms with E-state index in [2.05, 4.69) is 17.6 Å². The molecule has 4 heteroatoms. The lowest BCUT2D eigenvalue weighted by atomic mass is 10.0. The highest BCUT2D eigenvalue weighted by molar-refractivity contribution is 5.79. The highest BCUT2D eigenvalue weighted by atomic mass is 16.5. The van der Waals surface area contributed by atoms with E-state index in [9.17, 15) is 0 Å². The maximum atomic E-state index is 5.65. The number of nitrogens with zero attached hydrogens (tertiary/aromatic N) is 1. The molecule has 0 aromatic rings. The van der Waals surface area contributed by atoms with Gasteiger partial charge in [0.25, 0.3) is 0 Å². The van der Waals surface area contributed by atoms with Crippen LogP contribution < -0.4 is 10.6 Å². The number of hydrogen-bond donors (Lipinski definition) is 2. The van der Waals surface area contributed by atoms with Crippen LogP contribution in [0.3, 0.4) is 0 Å². The van der Waals surface area contributed by atoms with E-state index >= 15 is 0 Å². The highest BCUT2D eigenvalue weighted by Gasteiger charge is 2.15. The second-order valence-corrected chi connectivity index (χ2v) is 6.40. The Labute approximate surface area is 130 Å². The summed E-state index contributed by atoms with van der Waals surface area (Å²) in [7, 11) is 0. The number of rotatable bonds is 8. The van der Waals surface area contributed by atoms with Crippen molar-refractivity contribution in [2.24, 2.45) is 10.9 Å². The molecule has 1 aliphatic carbocycles. The van der Waals surface area contributed by atoms with Gasteiger partial charge >= 0.3 is 0 Å². The lowest BCUT2D eigenvalue weighted by Gasteiger charge is -2.14. The molecule has 1 heterocycles. The summed E-state index contributed by atoms with van der Waals surface area (Å²) in [5.74, 6) is 1.96. The van der Waals surface area contributed by atoms with Gasteiger partial charge in [-0.1, -0.05) is 25.7 Å². The summed E-state index contributed by atoms with van der Waals surface area (Å²) >= 11 is 0. The van der Waals surface area contributed by atoms with Crippen LogP contribution in [-0.4, -0.2) is 38.3 Å². The molecule has 2 rings (SSSR count). The fourth-order valence-corrected chi connectivity index (χ4v) is 3.44. The van der Waals surface area contributed by atoms with E-state index in [0.717, 1.165) is 44.5 Å². The van der Waals surface area contributed by atoms with Crippen molar-refractivity contribution in [2.45, 2.75) is 70.8 Å². The van der Waals surface area contributed by atoms with Crippen molar-refractivity contribution in [3.05, 3.63) is 0 Å². The number of nitrogens with one attached hydrogen (secondary N) is 2. The van der Waals surface area contributed by atoms with Crippen LogP contribution in [0.1, 0.15) is 64.7 Å². The first-order valence-corrected chi connectivity index (χ1v) is 9.02. The fourth-order valence-electron chi connectivity index (χ4n) is 3.44. The first-order chi connectivity index (χ1) is 10.4. The van der Waals surface area contributed by atoms with Gasteiger partial charge in [0.05, 0.1) is 6.10 Å². The number of aliphatic imine (C=N–C) groups is 1. The molecule has 0 aromatic carbocycles. The van der Waals surface area contributed by atoms with Crippen molar-refractivity contribution < 1.29 is 4.74 Å². The van der Waals surface area contributed by atoms with Crippen molar-refractivity contribution in [2.75, 3.05) is 26.2 Å². The van der Waals surface area contributed by atoms with E-state index in [4.69, 9.17) is 9.73 Å². The lowest BCUT2D eigenvalue weighted by Crippen LogP contribution is -2.38. The Hall–Kier alpha value is -0.770. The van der Waals surface area contributed by atoms with E-state index in [1.807, 2.05) is 0 Å². The number of ether oxygens (including phenoxy) is 1. The molecule has 21 heavy (non-hydrogen) atoms. The van der Waals surface area contributed by atoms with Gasteiger partial charge < -0.3 is 15.4 Å². The standard InChI is InChI=1S/C17H33N3O/c1-2-18-17(20-13-11-16-10-6-14-21-16)19-12-5-9-15-7-3-4-8-15/h15-16H,2-14H2,1H3,(H2,18,19,20). The number of hydrogen-bond acceptors (Lipinski definition) is 2. The van der Waals surface area contributed by atoms with Crippen LogP contribution >= 0.6 is 0 Å². The predicted octanol–water partition coefficient (Wildman–Crippen LogP) is 3.08. The molecule has 0 spiro atoms. The largest absolute Gasteiger partial charge is 0.378 e. The third kappa shape index (κ3) is 6.68. The highest BCUT2D eigenvalue weighted by Crippen LogP contribution is 2.28. The molecule has 1 aliphatic heterocycles. The molecule has 0 aromatic heterocycles. The van der Waals surface area contributed by atoms with Crippen LogP contribution in [0.15, 0.2) is 4.99 Å². The van der Waals surface area contributed by atoms with E-state index in [1.165, 1.54) is 51.4 Å². The summed E-state index contributed by atoms with van der Waals surface area (Å²) in [4.78, 5) is 4.69. The van der Waals surface area contributed by atoms with Crippen LogP contribution in [0.4, 0.5) is 0 Å². The second kappa shape index (κ2) is 10.0. The van der Waals surface area contributed by atoms with Crippen LogP contribution in [0.5, 0.6) is 0 Å².